The molecule has 0 saturated heterocycles. The standard InChI is InChI=1S/C25H26F2N6O2/c1-3-9-31-22(16-7-5-4-6-8-16)23(33(29)21-12-19(27)18(26)11-20(21)28)24(34)32(25(31)35)17-10-15(2)13-30-14-17/h1,10-14,16H,4-9,28-29H2,2H3. The summed E-state index contributed by atoms with van der Waals surface area (Å²) in [5.41, 5.74) is 5.55. The van der Waals surface area contributed by atoms with Gasteiger partial charge in [-0.05, 0) is 31.4 Å². The first-order chi connectivity index (χ1) is 16.7. The number of anilines is 3. The van der Waals surface area contributed by atoms with Crippen LogP contribution in [0.1, 0.15) is 49.3 Å². The molecule has 0 bridgehead atoms. The molecule has 0 spiro atoms. The third kappa shape index (κ3) is 4.42. The monoisotopic (exact) mass is 480 g/mol. The lowest BCUT2D eigenvalue weighted by Gasteiger charge is -2.31. The smallest absolute Gasteiger partial charge is 0.336 e. The van der Waals surface area contributed by atoms with Gasteiger partial charge in [0, 0.05) is 24.2 Å². The number of aromatic nitrogens is 3. The number of rotatable bonds is 5. The zero-order valence-electron chi connectivity index (χ0n) is 19.3. The second kappa shape index (κ2) is 9.72. The van der Waals surface area contributed by atoms with Crippen molar-refractivity contribution in [2.24, 2.45) is 5.84 Å². The van der Waals surface area contributed by atoms with Crippen molar-refractivity contribution in [1.82, 2.24) is 14.1 Å². The van der Waals surface area contributed by atoms with Crippen LogP contribution in [0, 0.1) is 30.9 Å². The number of benzene rings is 1. The zero-order valence-corrected chi connectivity index (χ0v) is 19.3. The van der Waals surface area contributed by atoms with Crippen LogP contribution in [0.2, 0.25) is 0 Å². The lowest BCUT2D eigenvalue weighted by atomic mass is 9.85. The Balaban J connectivity index is 2.09. The third-order valence-corrected chi connectivity index (χ3v) is 6.29. The van der Waals surface area contributed by atoms with Crippen molar-refractivity contribution in [2.75, 3.05) is 10.7 Å². The minimum atomic E-state index is -1.18. The van der Waals surface area contributed by atoms with Gasteiger partial charge in [-0.1, -0.05) is 25.2 Å². The van der Waals surface area contributed by atoms with E-state index in [1.165, 1.54) is 10.8 Å². The molecule has 4 N–H and O–H groups in total. The predicted molar refractivity (Wildman–Crippen MR) is 131 cm³/mol. The molecule has 0 radical (unpaired) electrons. The SMILES string of the molecule is C#CCn1c(C2CCCCC2)c(N(N)c2cc(F)c(F)cc2N)c(=O)n(-c2cncc(C)c2)c1=O. The van der Waals surface area contributed by atoms with E-state index in [9.17, 15) is 18.4 Å². The third-order valence-electron chi connectivity index (χ3n) is 6.29. The van der Waals surface area contributed by atoms with Gasteiger partial charge in [0.2, 0.25) is 0 Å². The first-order valence-corrected chi connectivity index (χ1v) is 11.3. The van der Waals surface area contributed by atoms with Crippen LogP contribution in [0.4, 0.5) is 25.8 Å². The molecule has 0 atom stereocenters. The van der Waals surface area contributed by atoms with E-state index in [1.54, 1.807) is 19.2 Å². The Morgan fingerprint density at radius 1 is 1.14 bits per heavy atom. The first kappa shape index (κ1) is 24.2. The van der Waals surface area contributed by atoms with Gasteiger partial charge in [0.15, 0.2) is 11.6 Å². The van der Waals surface area contributed by atoms with Crippen molar-refractivity contribution in [1.29, 1.82) is 0 Å². The average molecular weight is 481 g/mol. The number of hydrogen-bond acceptors (Lipinski definition) is 6. The van der Waals surface area contributed by atoms with Crippen LogP contribution in [0.5, 0.6) is 0 Å². The number of aryl methyl sites for hydroxylation is 1. The molecule has 35 heavy (non-hydrogen) atoms. The van der Waals surface area contributed by atoms with E-state index >= 15 is 0 Å². The van der Waals surface area contributed by atoms with Gasteiger partial charge in [-0.15, -0.1) is 6.42 Å². The maximum Gasteiger partial charge on any atom is 0.336 e. The molecule has 3 aromatic rings. The summed E-state index contributed by atoms with van der Waals surface area (Å²) in [6, 6.07) is 3.25. The molecule has 2 aromatic heterocycles. The maximum atomic E-state index is 14.2. The number of nitrogens with two attached hydrogens (primary N) is 2. The molecular weight excluding hydrogens is 454 g/mol. The van der Waals surface area contributed by atoms with Gasteiger partial charge in [-0.3, -0.25) is 19.4 Å². The molecule has 0 aliphatic heterocycles. The normalized spacial score (nSPS) is 14.0. The van der Waals surface area contributed by atoms with Crippen molar-refractivity contribution in [3.63, 3.8) is 0 Å². The number of nitrogens with zero attached hydrogens (tertiary/aromatic N) is 4. The summed E-state index contributed by atoms with van der Waals surface area (Å²) >= 11 is 0. The second-order valence-electron chi connectivity index (χ2n) is 8.70. The molecule has 1 fully saturated rings. The average Bonchev–Trinajstić information content (AvgIpc) is 2.83. The Kier molecular flexibility index (Phi) is 6.71. The van der Waals surface area contributed by atoms with Gasteiger partial charge in [0.25, 0.3) is 5.56 Å². The Morgan fingerprint density at radius 2 is 1.83 bits per heavy atom. The summed E-state index contributed by atoms with van der Waals surface area (Å²) in [6.07, 6.45) is 12.8. The van der Waals surface area contributed by atoms with Crippen molar-refractivity contribution in [2.45, 2.75) is 51.5 Å². The number of hydrogen-bond donors (Lipinski definition) is 2. The molecule has 1 saturated carbocycles. The van der Waals surface area contributed by atoms with Gasteiger partial charge >= 0.3 is 5.69 Å². The highest BCUT2D eigenvalue weighted by Gasteiger charge is 2.31. The molecule has 1 aliphatic rings. The van der Waals surface area contributed by atoms with Gasteiger partial charge in [0.05, 0.1) is 35.5 Å². The number of nitrogen functional groups attached to an aromatic ring is 1. The number of halogens is 2. The quantitative estimate of drug-likeness (QED) is 0.251. The van der Waals surface area contributed by atoms with E-state index in [-0.39, 0.29) is 35.2 Å². The van der Waals surface area contributed by atoms with E-state index in [2.05, 4.69) is 10.9 Å². The largest absolute Gasteiger partial charge is 0.397 e. The second-order valence-corrected chi connectivity index (χ2v) is 8.70. The summed E-state index contributed by atoms with van der Waals surface area (Å²) in [4.78, 5) is 31.7. The first-order valence-electron chi connectivity index (χ1n) is 11.3. The van der Waals surface area contributed by atoms with Crippen LogP contribution in [0.3, 0.4) is 0 Å². The topological polar surface area (TPSA) is 112 Å². The van der Waals surface area contributed by atoms with Crippen molar-refractivity contribution in [3.05, 3.63) is 74.3 Å². The van der Waals surface area contributed by atoms with Crippen LogP contribution in [-0.4, -0.2) is 14.1 Å². The summed E-state index contributed by atoms with van der Waals surface area (Å²) in [5, 5.41) is 0.927. The fourth-order valence-electron chi connectivity index (χ4n) is 4.68. The minimum Gasteiger partial charge on any atom is -0.397 e. The number of hydrazine groups is 1. The fourth-order valence-corrected chi connectivity index (χ4v) is 4.68. The molecule has 182 valence electrons. The van der Waals surface area contributed by atoms with E-state index in [0.717, 1.165) is 46.5 Å². The van der Waals surface area contributed by atoms with Gasteiger partial charge in [-0.2, -0.15) is 0 Å². The van der Waals surface area contributed by atoms with E-state index in [1.807, 2.05) is 0 Å². The molecule has 0 unspecified atom stereocenters. The lowest BCUT2D eigenvalue weighted by Crippen LogP contribution is -2.46. The molecule has 10 heteroatoms. The van der Waals surface area contributed by atoms with Crippen LogP contribution >= 0.6 is 0 Å². The maximum absolute atomic E-state index is 14.2. The molecular formula is C25H26F2N6O2. The van der Waals surface area contributed by atoms with E-state index in [4.69, 9.17) is 18.0 Å². The molecule has 1 aliphatic carbocycles. The van der Waals surface area contributed by atoms with Crippen molar-refractivity contribution in [3.8, 4) is 18.0 Å². The lowest BCUT2D eigenvalue weighted by molar-refractivity contribution is 0.420. The summed E-state index contributed by atoms with van der Waals surface area (Å²) in [6.45, 7) is 1.66. The molecule has 4 rings (SSSR count). The summed E-state index contributed by atoms with van der Waals surface area (Å²) in [5.74, 6) is 6.38. The fraction of sp³-hybridized carbons (Fsp3) is 0.320. The zero-order chi connectivity index (χ0) is 25.3. The molecule has 1 aromatic carbocycles. The summed E-state index contributed by atoms with van der Waals surface area (Å²) in [7, 11) is 0. The Bertz CT molecular complexity index is 1430. The highest BCUT2D eigenvalue weighted by Crippen LogP contribution is 2.38. The van der Waals surface area contributed by atoms with Gasteiger partial charge in [0.1, 0.15) is 5.69 Å². The highest BCUT2D eigenvalue weighted by molar-refractivity contribution is 5.75. The van der Waals surface area contributed by atoms with Crippen molar-refractivity contribution < 1.29 is 8.78 Å². The van der Waals surface area contributed by atoms with Crippen molar-refractivity contribution >= 4 is 17.1 Å². The van der Waals surface area contributed by atoms with Gasteiger partial charge in [-0.25, -0.2) is 24.0 Å². The van der Waals surface area contributed by atoms with E-state index < -0.39 is 22.9 Å². The van der Waals surface area contributed by atoms with Crippen LogP contribution in [0.15, 0.2) is 40.2 Å². The van der Waals surface area contributed by atoms with Gasteiger partial charge < -0.3 is 5.73 Å². The molecule has 0 amide bonds. The Hall–Kier alpha value is -3.97. The highest BCUT2D eigenvalue weighted by atomic mass is 19.2. The van der Waals surface area contributed by atoms with Crippen LogP contribution in [-0.2, 0) is 6.54 Å². The minimum absolute atomic E-state index is 0.0778. The van der Waals surface area contributed by atoms with Crippen LogP contribution < -0.4 is 27.8 Å². The number of terminal acetylenes is 1. The number of pyridine rings is 1. The Labute approximate surface area is 200 Å². The van der Waals surface area contributed by atoms with Crippen LogP contribution in [0.25, 0.3) is 5.69 Å². The Morgan fingerprint density at radius 3 is 2.49 bits per heavy atom. The molecule has 8 nitrogen and oxygen atoms in total. The predicted octanol–water partition coefficient (Wildman–Crippen LogP) is 3.26. The molecule has 2 heterocycles. The van der Waals surface area contributed by atoms with E-state index in [0.29, 0.717) is 18.5 Å². The summed E-state index contributed by atoms with van der Waals surface area (Å²) < 4.78 is 30.2.